The fourth-order valence-corrected chi connectivity index (χ4v) is 3.80. The van der Waals surface area contributed by atoms with Gasteiger partial charge in [-0.05, 0) is 69.6 Å². The average molecular weight is 487 g/mol. The number of pyridine rings is 1. The molecule has 35 heavy (non-hydrogen) atoms. The molecular weight excluding hydrogens is 444 g/mol. The normalized spacial score (nSPS) is 14.1. The minimum Gasteiger partial charge on any atom is -0.493 e. The van der Waals surface area contributed by atoms with Crippen LogP contribution in [0.4, 0.5) is 4.79 Å². The monoisotopic (exact) mass is 486 g/mol. The number of unbranched alkanes of at least 4 members (excludes halogenated alkanes) is 1. The molecule has 1 heterocycles. The van der Waals surface area contributed by atoms with Crippen LogP contribution in [0.5, 0.6) is 11.5 Å². The quantitative estimate of drug-likeness (QED) is 0.414. The van der Waals surface area contributed by atoms with Gasteiger partial charge in [-0.1, -0.05) is 34.1 Å². The van der Waals surface area contributed by atoms with Gasteiger partial charge in [0, 0.05) is 11.9 Å². The number of aromatic nitrogens is 1. The van der Waals surface area contributed by atoms with Gasteiger partial charge in [-0.2, -0.15) is 0 Å². The first-order chi connectivity index (χ1) is 16.4. The lowest BCUT2D eigenvalue weighted by Gasteiger charge is -2.26. The molecule has 1 saturated carbocycles. The minimum atomic E-state index is -0.618. The lowest BCUT2D eigenvalue weighted by Crippen LogP contribution is -2.36. The molecule has 0 spiro atoms. The number of carbonyl (C=O) groups is 1. The zero-order valence-corrected chi connectivity index (χ0v) is 22.5. The number of fused-ring (bicyclic) bond motifs is 1. The van der Waals surface area contributed by atoms with Gasteiger partial charge in [0.15, 0.2) is 0 Å². The van der Waals surface area contributed by atoms with Crippen LogP contribution >= 0.6 is 0 Å². The van der Waals surface area contributed by atoms with Crippen molar-refractivity contribution in [3.05, 3.63) is 34.2 Å². The van der Waals surface area contributed by atoms with Crippen LogP contribution in [0.25, 0.3) is 10.8 Å². The largest absolute Gasteiger partial charge is 0.493 e. The van der Waals surface area contributed by atoms with E-state index < -0.39 is 11.7 Å². The molecule has 1 aromatic heterocycles. The number of benzene rings is 1. The highest BCUT2D eigenvalue weighted by Crippen LogP contribution is 2.34. The van der Waals surface area contributed by atoms with E-state index in [0.29, 0.717) is 47.9 Å². The maximum atomic E-state index is 13.7. The Labute approximate surface area is 209 Å². The van der Waals surface area contributed by atoms with E-state index in [-0.39, 0.29) is 17.5 Å². The molecule has 1 aliphatic carbocycles. The van der Waals surface area contributed by atoms with Gasteiger partial charge in [-0.15, -0.1) is 0 Å². The van der Waals surface area contributed by atoms with Crippen LogP contribution in [0.3, 0.4) is 0 Å². The molecule has 0 bridgehead atoms. The number of nitrogens with one attached hydrogen (secondary N) is 1. The summed E-state index contributed by atoms with van der Waals surface area (Å²) in [5.74, 6) is 1.97. The number of nitrogens with zero attached hydrogens (tertiary/aromatic N) is 1. The summed E-state index contributed by atoms with van der Waals surface area (Å²) in [5, 5.41) is 4.13. The number of amides is 1. The molecule has 2 aromatic rings. The summed E-state index contributed by atoms with van der Waals surface area (Å²) >= 11 is 0. The molecule has 1 aliphatic rings. The highest BCUT2D eigenvalue weighted by atomic mass is 16.6. The summed E-state index contributed by atoms with van der Waals surface area (Å²) in [4.78, 5) is 26.2. The van der Waals surface area contributed by atoms with Crippen LogP contribution in [0, 0.1) is 11.3 Å². The molecule has 0 atom stereocenters. The zero-order chi connectivity index (χ0) is 25.8. The fraction of sp³-hybridized carbons (Fsp3) is 0.643. The number of alkyl carbamates (subject to hydrolysis) is 1. The Morgan fingerprint density at radius 1 is 1.09 bits per heavy atom. The Balaban J connectivity index is 2.09. The van der Waals surface area contributed by atoms with E-state index in [1.165, 1.54) is 12.8 Å². The molecule has 1 aromatic carbocycles. The number of rotatable bonds is 10. The molecule has 0 unspecified atom stereocenters. The minimum absolute atomic E-state index is 0.104. The Bertz CT molecular complexity index is 1090. The third kappa shape index (κ3) is 7.91. The molecule has 194 valence electrons. The van der Waals surface area contributed by atoms with Gasteiger partial charge in [-0.3, -0.25) is 4.79 Å². The number of ether oxygens (including phenoxy) is 3. The van der Waals surface area contributed by atoms with Crippen molar-refractivity contribution >= 4 is 16.9 Å². The van der Waals surface area contributed by atoms with Gasteiger partial charge in [0.2, 0.25) is 0 Å². The lowest BCUT2D eigenvalue weighted by atomic mass is 9.96. The maximum Gasteiger partial charge on any atom is 0.407 e. The molecule has 1 fully saturated rings. The number of carbonyl (C=O) groups excluding carboxylic acids is 1. The third-order valence-corrected chi connectivity index (χ3v) is 5.66. The van der Waals surface area contributed by atoms with E-state index in [9.17, 15) is 9.59 Å². The standard InChI is InChI=1S/C28H42N2O5/c1-8-9-14-33-24-22-15-20(34-17-19-10-11-19)12-13-21(22)25(31)30(18-27(2,3)4)23(24)16-29-26(32)35-28(5,6)7/h12-13,15,19H,8-11,14,16-18H2,1-7H3,(H,29,32). The Morgan fingerprint density at radius 2 is 1.80 bits per heavy atom. The number of hydrogen-bond donors (Lipinski definition) is 1. The molecular formula is C28H42N2O5. The first-order valence-electron chi connectivity index (χ1n) is 12.8. The molecule has 7 nitrogen and oxygen atoms in total. The Kier molecular flexibility index (Phi) is 8.39. The van der Waals surface area contributed by atoms with Crippen molar-refractivity contribution < 1.29 is 19.0 Å². The van der Waals surface area contributed by atoms with Crippen LogP contribution in [-0.4, -0.2) is 29.5 Å². The second-order valence-electron chi connectivity index (χ2n) is 11.7. The first-order valence-corrected chi connectivity index (χ1v) is 12.8. The number of hydrogen-bond acceptors (Lipinski definition) is 5. The summed E-state index contributed by atoms with van der Waals surface area (Å²) in [5.41, 5.74) is -0.245. The van der Waals surface area contributed by atoms with Crippen molar-refractivity contribution in [3.8, 4) is 11.5 Å². The molecule has 1 N–H and O–H groups in total. The lowest BCUT2D eigenvalue weighted by molar-refractivity contribution is 0.0521. The second-order valence-corrected chi connectivity index (χ2v) is 11.7. The van der Waals surface area contributed by atoms with Crippen molar-refractivity contribution in [2.75, 3.05) is 13.2 Å². The topological polar surface area (TPSA) is 78.8 Å². The van der Waals surface area contributed by atoms with Crippen LogP contribution in [-0.2, 0) is 17.8 Å². The van der Waals surface area contributed by atoms with Crippen LogP contribution in [0.2, 0.25) is 0 Å². The second kappa shape index (κ2) is 10.9. The molecule has 0 radical (unpaired) electrons. The third-order valence-electron chi connectivity index (χ3n) is 5.66. The maximum absolute atomic E-state index is 13.7. The van der Waals surface area contributed by atoms with Gasteiger partial charge in [0.05, 0.1) is 30.8 Å². The van der Waals surface area contributed by atoms with Crippen molar-refractivity contribution in [2.24, 2.45) is 11.3 Å². The Morgan fingerprint density at radius 3 is 2.40 bits per heavy atom. The van der Waals surface area contributed by atoms with Crippen molar-refractivity contribution in [1.82, 2.24) is 9.88 Å². The summed E-state index contributed by atoms with van der Waals surface area (Å²) in [6.07, 6.45) is 3.75. The predicted octanol–water partition coefficient (Wildman–Crippen LogP) is 6.04. The van der Waals surface area contributed by atoms with Gasteiger partial charge in [0.1, 0.15) is 17.1 Å². The average Bonchev–Trinajstić information content (AvgIpc) is 3.57. The first kappa shape index (κ1) is 26.9. The van der Waals surface area contributed by atoms with E-state index in [2.05, 4.69) is 33.0 Å². The molecule has 0 saturated heterocycles. The van der Waals surface area contributed by atoms with Gasteiger partial charge in [-0.25, -0.2) is 4.79 Å². The molecule has 3 rings (SSSR count). The highest BCUT2D eigenvalue weighted by Gasteiger charge is 2.25. The van der Waals surface area contributed by atoms with Gasteiger partial charge in [0.25, 0.3) is 5.56 Å². The van der Waals surface area contributed by atoms with Crippen LogP contribution < -0.4 is 20.3 Å². The van der Waals surface area contributed by atoms with Gasteiger partial charge >= 0.3 is 6.09 Å². The summed E-state index contributed by atoms with van der Waals surface area (Å²) in [6.45, 7) is 15.6. The van der Waals surface area contributed by atoms with Crippen molar-refractivity contribution in [3.63, 3.8) is 0 Å². The van der Waals surface area contributed by atoms with Gasteiger partial charge < -0.3 is 24.1 Å². The van der Waals surface area contributed by atoms with Crippen molar-refractivity contribution in [1.29, 1.82) is 0 Å². The molecule has 7 heteroatoms. The van der Waals surface area contributed by atoms with E-state index in [1.807, 2.05) is 39.0 Å². The van der Waals surface area contributed by atoms with E-state index in [0.717, 1.165) is 18.6 Å². The smallest absolute Gasteiger partial charge is 0.407 e. The Hall–Kier alpha value is -2.70. The molecule has 1 amide bonds. The predicted molar refractivity (Wildman–Crippen MR) is 139 cm³/mol. The highest BCUT2D eigenvalue weighted by molar-refractivity contribution is 5.90. The summed E-state index contributed by atoms with van der Waals surface area (Å²) < 4.78 is 19.5. The van der Waals surface area contributed by atoms with Crippen LogP contribution in [0.1, 0.15) is 79.8 Å². The SMILES string of the molecule is CCCCOc1c(CNC(=O)OC(C)(C)C)n(CC(C)(C)C)c(=O)c2ccc(OCC3CC3)cc12. The summed E-state index contributed by atoms with van der Waals surface area (Å²) in [6, 6.07) is 5.59. The van der Waals surface area contributed by atoms with E-state index in [4.69, 9.17) is 14.2 Å². The summed E-state index contributed by atoms with van der Waals surface area (Å²) in [7, 11) is 0. The molecule has 0 aliphatic heterocycles. The van der Waals surface area contributed by atoms with Crippen LogP contribution in [0.15, 0.2) is 23.0 Å². The zero-order valence-electron chi connectivity index (χ0n) is 22.5. The van der Waals surface area contributed by atoms with E-state index in [1.54, 1.807) is 4.57 Å². The fourth-order valence-electron chi connectivity index (χ4n) is 3.80. The van der Waals surface area contributed by atoms with E-state index >= 15 is 0 Å². The van der Waals surface area contributed by atoms with Crippen molar-refractivity contribution in [2.45, 2.75) is 92.8 Å².